The van der Waals surface area contributed by atoms with Gasteiger partial charge in [0.1, 0.15) is 0 Å². The highest BCUT2D eigenvalue weighted by Gasteiger charge is 1.87. The fourth-order valence-corrected chi connectivity index (χ4v) is 0.265. The first kappa shape index (κ1) is 12.4. The van der Waals surface area contributed by atoms with Crippen LogP contribution in [0.15, 0.2) is 12.3 Å². The maximum atomic E-state index is 10.3. The zero-order valence-corrected chi connectivity index (χ0v) is 7.05. The van der Waals surface area contributed by atoms with E-state index in [1.165, 1.54) is 12.3 Å². The van der Waals surface area contributed by atoms with E-state index in [1.54, 1.807) is 7.05 Å². The van der Waals surface area contributed by atoms with Crippen molar-refractivity contribution in [1.82, 2.24) is 10.6 Å². The van der Waals surface area contributed by atoms with E-state index in [4.69, 9.17) is 0 Å². The molecule has 0 aromatic rings. The highest BCUT2D eigenvalue weighted by atomic mass is 16.2. The summed E-state index contributed by atoms with van der Waals surface area (Å²) in [6.07, 6.45) is 2.98. The fraction of sp³-hybridized carbons (Fsp3) is 0.429. The summed E-state index contributed by atoms with van der Waals surface area (Å²) in [5.74, 6) is -0.431. The molecule has 0 radical (unpaired) electrons. The number of nitrogens with one attached hydrogen (secondary N) is 2. The second kappa shape index (κ2) is 11.5. The zero-order valence-electron chi connectivity index (χ0n) is 7.05. The van der Waals surface area contributed by atoms with E-state index in [0.29, 0.717) is 6.41 Å². The number of amides is 2. The van der Waals surface area contributed by atoms with Crippen molar-refractivity contribution in [1.29, 1.82) is 0 Å². The van der Waals surface area contributed by atoms with Gasteiger partial charge in [-0.05, 0) is 0 Å². The van der Waals surface area contributed by atoms with Gasteiger partial charge in [-0.15, -0.1) is 0 Å². The number of rotatable bonds is 3. The zero-order chi connectivity index (χ0) is 9.11. The van der Waals surface area contributed by atoms with Gasteiger partial charge >= 0.3 is 0 Å². The number of imide groups is 1. The average Bonchev–Trinajstić information content (AvgIpc) is 2.05. The number of hydrogen-bond donors (Lipinski definition) is 2. The molecule has 11 heavy (non-hydrogen) atoms. The minimum atomic E-state index is -0.431. The van der Waals surface area contributed by atoms with Crippen LogP contribution in [0.5, 0.6) is 0 Å². The lowest BCUT2D eigenvalue weighted by Crippen LogP contribution is -2.18. The van der Waals surface area contributed by atoms with Gasteiger partial charge in [-0.3, -0.25) is 14.9 Å². The molecule has 4 nitrogen and oxygen atoms in total. The molecule has 0 aromatic carbocycles. The third-order valence-corrected chi connectivity index (χ3v) is 0.603. The predicted octanol–water partition coefficient (Wildman–Crippen LogP) is 0.0183. The molecule has 2 N–H and O–H groups in total. The molecule has 0 unspecified atom stereocenters. The fourth-order valence-electron chi connectivity index (χ4n) is 0.265. The molecular weight excluding hydrogens is 144 g/mol. The molecule has 64 valence electrons. The summed E-state index contributed by atoms with van der Waals surface area (Å²) < 4.78 is 0. The summed E-state index contributed by atoms with van der Waals surface area (Å²) in [7, 11) is 1.66. The maximum Gasteiger partial charge on any atom is 0.251 e. The van der Waals surface area contributed by atoms with Gasteiger partial charge in [0, 0.05) is 19.3 Å². The van der Waals surface area contributed by atoms with Crippen molar-refractivity contribution < 1.29 is 9.59 Å². The number of carbonyl (C=O) groups is 2. The number of hydrogen-bond acceptors (Lipinski definition) is 3. The van der Waals surface area contributed by atoms with Crippen molar-refractivity contribution in [2.24, 2.45) is 0 Å². The highest BCUT2D eigenvalue weighted by molar-refractivity contribution is 5.94. The van der Waals surface area contributed by atoms with E-state index in [9.17, 15) is 9.59 Å². The van der Waals surface area contributed by atoms with Crippen LogP contribution in [0.4, 0.5) is 0 Å². The Balaban J connectivity index is 0. The quantitative estimate of drug-likeness (QED) is 0.449. The molecule has 0 heterocycles. The SMILES string of the molecule is CC.CN/C=C\C(=O)NC=O. The molecule has 0 saturated heterocycles. The van der Waals surface area contributed by atoms with E-state index in [2.05, 4.69) is 5.32 Å². The summed E-state index contributed by atoms with van der Waals surface area (Å²) in [6, 6.07) is 0. The first-order chi connectivity index (χ1) is 5.31. The molecule has 0 fully saturated rings. The Hall–Kier alpha value is -1.32. The van der Waals surface area contributed by atoms with Crippen LogP contribution < -0.4 is 10.6 Å². The van der Waals surface area contributed by atoms with Crippen LogP contribution >= 0.6 is 0 Å². The maximum absolute atomic E-state index is 10.3. The molecule has 0 spiro atoms. The summed E-state index contributed by atoms with van der Waals surface area (Å²) >= 11 is 0. The van der Waals surface area contributed by atoms with Crippen molar-refractivity contribution >= 4 is 12.3 Å². The third kappa shape index (κ3) is 12.0. The van der Waals surface area contributed by atoms with Crippen LogP contribution in [0.1, 0.15) is 13.8 Å². The summed E-state index contributed by atoms with van der Waals surface area (Å²) in [5.41, 5.74) is 0. The first-order valence-electron chi connectivity index (χ1n) is 3.39. The van der Waals surface area contributed by atoms with Crippen LogP contribution in [0.2, 0.25) is 0 Å². The Morgan fingerprint density at radius 1 is 1.36 bits per heavy atom. The van der Waals surface area contributed by atoms with Gasteiger partial charge in [-0.1, -0.05) is 13.8 Å². The number of carbonyl (C=O) groups excluding carboxylic acids is 2. The van der Waals surface area contributed by atoms with Crippen molar-refractivity contribution in [2.45, 2.75) is 13.8 Å². The second-order valence-electron chi connectivity index (χ2n) is 1.25. The van der Waals surface area contributed by atoms with Crippen LogP contribution in [0, 0.1) is 0 Å². The van der Waals surface area contributed by atoms with E-state index < -0.39 is 5.91 Å². The lowest BCUT2D eigenvalue weighted by Gasteiger charge is -1.86. The molecule has 0 aliphatic carbocycles. The molecule has 0 aliphatic heterocycles. The van der Waals surface area contributed by atoms with Gasteiger partial charge in [0.2, 0.25) is 6.41 Å². The van der Waals surface area contributed by atoms with Crippen molar-refractivity contribution in [3.63, 3.8) is 0 Å². The summed E-state index contributed by atoms with van der Waals surface area (Å²) in [5, 5.41) is 4.53. The smallest absolute Gasteiger partial charge is 0.251 e. The predicted molar refractivity (Wildman–Crippen MR) is 43.8 cm³/mol. The topological polar surface area (TPSA) is 58.2 Å². The van der Waals surface area contributed by atoms with Gasteiger partial charge in [0.15, 0.2) is 0 Å². The Kier molecular flexibility index (Phi) is 12.9. The Morgan fingerprint density at radius 2 is 1.91 bits per heavy atom. The largest absolute Gasteiger partial charge is 0.394 e. The van der Waals surface area contributed by atoms with Gasteiger partial charge < -0.3 is 5.32 Å². The Labute approximate surface area is 66.7 Å². The lowest BCUT2D eigenvalue weighted by atomic mass is 10.6. The van der Waals surface area contributed by atoms with E-state index in [0.717, 1.165) is 0 Å². The first-order valence-corrected chi connectivity index (χ1v) is 3.39. The average molecular weight is 158 g/mol. The Morgan fingerprint density at radius 3 is 2.27 bits per heavy atom. The van der Waals surface area contributed by atoms with Crippen LogP contribution in [-0.2, 0) is 9.59 Å². The van der Waals surface area contributed by atoms with Crippen LogP contribution in [-0.4, -0.2) is 19.4 Å². The van der Waals surface area contributed by atoms with Crippen molar-refractivity contribution in [3.8, 4) is 0 Å². The van der Waals surface area contributed by atoms with Gasteiger partial charge in [-0.2, -0.15) is 0 Å². The molecule has 0 bridgehead atoms. The van der Waals surface area contributed by atoms with Gasteiger partial charge in [0.05, 0.1) is 0 Å². The van der Waals surface area contributed by atoms with Gasteiger partial charge in [0.25, 0.3) is 5.91 Å². The van der Waals surface area contributed by atoms with Gasteiger partial charge in [-0.25, -0.2) is 0 Å². The molecule has 4 heteroatoms. The van der Waals surface area contributed by atoms with Crippen LogP contribution in [0.25, 0.3) is 0 Å². The van der Waals surface area contributed by atoms with Crippen molar-refractivity contribution in [3.05, 3.63) is 12.3 Å². The second-order valence-corrected chi connectivity index (χ2v) is 1.25. The minimum Gasteiger partial charge on any atom is -0.394 e. The lowest BCUT2D eigenvalue weighted by molar-refractivity contribution is -0.121. The minimum absolute atomic E-state index is 0.336. The molecule has 0 rings (SSSR count). The van der Waals surface area contributed by atoms with E-state index >= 15 is 0 Å². The molecule has 0 saturated carbocycles. The van der Waals surface area contributed by atoms with E-state index in [1.807, 2.05) is 19.2 Å². The molecule has 0 atom stereocenters. The van der Waals surface area contributed by atoms with E-state index in [-0.39, 0.29) is 0 Å². The standard InChI is InChI=1S/C5H8N2O2.C2H6/c1-6-3-2-5(9)7-4-8;1-2/h2-4,6H,1H3,(H,7,8,9);1-2H3/b3-2-;. The molecule has 2 amide bonds. The molecule has 0 aromatic heterocycles. The molecular formula is C7H14N2O2. The van der Waals surface area contributed by atoms with Crippen molar-refractivity contribution in [2.75, 3.05) is 7.05 Å². The third-order valence-electron chi connectivity index (χ3n) is 0.603. The highest BCUT2D eigenvalue weighted by Crippen LogP contribution is 1.64. The normalized spacial score (nSPS) is 7.91. The Bertz CT molecular complexity index is 132. The van der Waals surface area contributed by atoms with Crippen LogP contribution in [0.3, 0.4) is 0 Å². The summed E-state index contributed by atoms with van der Waals surface area (Å²) in [4.78, 5) is 19.9. The monoisotopic (exact) mass is 158 g/mol. The summed E-state index contributed by atoms with van der Waals surface area (Å²) in [6.45, 7) is 4.00. The molecule has 0 aliphatic rings.